The third kappa shape index (κ3) is 5.78. The van der Waals surface area contributed by atoms with Gasteiger partial charge in [-0.2, -0.15) is 8.42 Å². The Hall–Kier alpha value is -3.48. The Morgan fingerprint density at radius 3 is 2.23 bits per heavy atom. The first-order chi connectivity index (χ1) is 16.9. The number of halogens is 1. The van der Waals surface area contributed by atoms with Gasteiger partial charge in [-0.15, -0.1) is 11.0 Å². The van der Waals surface area contributed by atoms with E-state index in [9.17, 15) is 8.42 Å². The van der Waals surface area contributed by atoms with Crippen molar-refractivity contribution in [3.8, 4) is 0 Å². The molecule has 0 amide bonds. The summed E-state index contributed by atoms with van der Waals surface area (Å²) in [5, 5.41) is 0. The van der Waals surface area contributed by atoms with E-state index in [0.717, 1.165) is 26.7 Å². The molecule has 0 saturated heterocycles. The molecule has 4 rings (SSSR count). The summed E-state index contributed by atoms with van der Waals surface area (Å²) in [5.41, 5.74) is 4.19. The van der Waals surface area contributed by atoms with Gasteiger partial charge in [-0.05, 0) is 43.2 Å². The fourth-order valence-electron chi connectivity index (χ4n) is 3.60. The van der Waals surface area contributed by atoms with Crippen LogP contribution < -0.4 is 0 Å². The van der Waals surface area contributed by atoms with E-state index in [2.05, 4.69) is 26.9 Å². The zero-order valence-corrected chi connectivity index (χ0v) is 21.6. The molecule has 0 spiro atoms. The van der Waals surface area contributed by atoms with E-state index in [1.165, 1.54) is 0 Å². The Bertz CT molecular complexity index is 1450. The lowest BCUT2D eigenvalue weighted by molar-refractivity contribution is 0.519. The molecule has 35 heavy (non-hydrogen) atoms. The van der Waals surface area contributed by atoms with Gasteiger partial charge < -0.3 is 4.74 Å². The molecule has 3 aromatic rings. The summed E-state index contributed by atoms with van der Waals surface area (Å²) >= 11 is 3.62. The predicted octanol–water partition coefficient (Wildman–Crippen LogP) is 7.46. The van der Waals surface area contributed by atoms with Crippen LogP contribution in [-0.2, 0) is 14.8 Å². The molecule has 176 valence electrons. The van der Waals surface area contributed by atoms with Crippen LogP contribution in [0.3, 0.4) is 0 Å². The predicted molar refractivity (Wildman–Crippen MR) is 146 cm³/mol. The van der Waals surface area contributed by atoms with Gasteiger partial charge in [0.15, 0.2) is 0 Å². The minimum absolute atomic E-state index is 0.0332. The van der Waals surface area contributed by atoms with Crippen LogP contribution in [0.5, 0.6) is 0 Å². The summed E-state index contributed by atoms with van der Waals surface area (Å²) in [6.07, 6.45) is 5.95. The van der Waals surface area contributed by atoms with Crippen molar-refractivity contribution in [3.63, 3.8) is 0 Å². The van der Waals surface area contributed by atoms with E-state index in [1.807, 2.05) is 79.7 Å². The van der Waals surface area contributed by atoms with Gasteiger partial charge in [0, 0.05) is 21.2 Å². The van der Waals surface area contributed by atoms with Crippen LogP contribution in [0, 0.1) is 6.92 Å². The van der Waals surface area contributed by atoms with Crippen LogP contribution in [0.25, 0.3) is 10.2 Å². The van der Waals surface area contributed by atoms with Crippen molar-refractivity contribution < 1.29 is 13.2 Å². The molecule has 3 aromatic carbocycles. The number of aryl methyl sites for hydroxylation is 1. The van der Waals surface area contributed by atoms with Crippen LogP contribution in [0.2, 0.25) is 0 Å². The minimum atomic E-state index is -3.99. The van der Waals surface area contributed by atoms with E-state index < -0.39 is 10.0 Å². The van der Waals surface area contributed by atoms with Crippen molar-refractivity contribution in [3.05, 3.63) is 138 Å². The SMILES string of the molecule is C=CCC1=C(c2ccccc2)OC(=N\S(=O)(=O)c2ccc(C)cc2)/C1=C\C=C(/Br)c1ccccc1. The van der Waals surface area contributed by atoms with Crippen LogP contribution in [0.1, 0.15) is 23.1 Å². The molecule has 1 aliphatic heterocycles. The monoisotopic (exact) mass is 545 g/mol. The maximum atomic E-state index is 13.2. The second-order valence-electron chi connectivity index (χ2n) is 7.91. The minimum Gasteiger partial charge on any atom is -0.437 e. The average molecular weight is 546 g/mol. The maximum absolute atomic E-state index is 13.2. The number of benzene rings is 3. The van der Waals surface area contributed by atoms with Gasteiger partial charge in [0.05, 0.1) is 4.90 Å². The highest BCUT2D eigenvalue weighted by atomic mass is 79.9. The summed E-state index contributed by atoms with van der Waals surface area (Å²) < 4.78 is 37.4. The Morgan fingerprint density at radius 2 is 1.60 bits per heavy atom. The van der Waals surface area contributed by atoms with E-state index in [0.29, 0.717) is 17.8 Å². The Balaban J connectivity index is 1.86. The van der Waals surface area contributed by atoms with Crippen molar-refractivity contribution in [2.45, 2.75) is 18.2 Å². The van der Waals surface area contributed by atoms with E-state index >= 15 is 0 Å². The van der Waals surface area contributed by atoms with Crippen molar-refractivity contribution in [2.24, 2.45) is 4.40 Å². The Kier molecular flexibility index (Phi) is 7.63. The molecule has 0 radical (unpaired) electrons. The Morgan fingerprint density at radius 1 is 0.971 bits per heavy atom. The van der Waals surface area contributed by atoms with Crippen LogP contribution in [0.4, 0.5) is 0 Å². The summed E-state index contributed by atoms with van der Waals surface area (Å²) in [7, 11) is -3.99. The standard InChI is InChI=1S/C29H24BrNO3S/c1-3-10-25-26(19-20-27(30)22-11-6-4-7-12-22)29(34-28(25)23-13-8-5-9-14-23)31-35(32,33)24-17-15-21(2)16-18-24/h3-9,11-20H,1,10H2,2H3/b26-19-,27-20-,31-29-. The molecular weight excluding hydrogens is 522 g/mol. The number of allylic oxidation sites excluding steroid dienone is 3. The molecule has 4 nitrogen and oxygen atoms in total. The Labute approximate surface area is 214 Å². The molecule has 0 N–H and O–H groups in total. The zero-order valence-electron chi connectivity index (χ0n) is 19.2. The maximum Gasteiger partial charge on any atom is 0.285 e. The number of sulfonamides is 1. The second kappa shape index (κ2) is 10.8. The number of nitrogens with zero attached hydrogens (tertiary/aromatic N) is 1. The van der Waals surface area contributed by atoms with Crippen LogP contribution in [0.15, 0.2) is 130 Å². The fraction of sp³-hybridized carbons (Fsp3) is 0.0690. The number of hydrogen-bond donors (Lipinski definition) is 0. The van der Waals surface area contributed by atoms with Crippen molar-refractivity contribution in [2.75, 3.05) is 0 Å². The third-order valence-electron chi connectivity index (χ3n) is 5.38. The van der Waals surface area contributed by atoms with E-state index in [-0.39, 0.29) is 10.8 Å². The van der Waals surface area contributed by atoms with E-state index in [1.54, 1.807) is 30.3 Å². The summed E-state index contributed by atoms with van der Waals surface area (Å²) in [6.45, 7) is 5.79. The molecule has 0 bridgehead atoms. The second-order valence-corrected chi connectivity index (χ2v) is 10.4. The van der Waals surface area contributed by atoms with Crippen molar-refractivity contribution >= 4 is 42.1 Å². The highest BCUT2D eigenvalue weighted by Crippen LogP contribution is 2.37. The topological polar surface area (TPSA) is 55.7 Å². The third-order valence-corrected chi connectivity index (χ3v) is 7.38. The molecule has 6 heteroatoms. The summed E-state index contributed by atoms with van der Waals surface area (Å²) in [6, 6.07) is 26.0. The van der Waals surface area contributed by atoms with Gasteiger partial charge in [-0.3, -0.25) is 0 Å². The number of rotatable bonds is 7. The smallest absolute Gasteiger partial charge is 0.285 e. The first kappa shape index (κ1) is 24.6. The summed E-state index contributed by atoms with van der Waals surface area (Å²) in [5.74, 6) is 0.602. The molecular formula is C29H24BrNO3S. The quantitative estimate of drug-likeness (QED) is 0.289. The normalized spacial score (nSPS) is 16.6. The van der Waals surface area contributed by atoms with Crippen molar-refractivity contribution in [1.82, 2.24) is 0 Å². The fourth-order valence-corrected chi connectivity index (χ4v) is 4.93. The number of ether oxygens (including phenoxy) is 1. The molecule has 0 aromatic heterocycles. The molecule has 1 heterocycles. The highest BCUT2D eigenvalue weighted by molar-refractivity contribution is 9.15. The molecule has 0 saturated carbocycles. The van der Waals surface area contributed by atoms with Crippen LogP contribution in [-0.4, -0.2) is 14.3 Å². The van der Waals surface area contributed by atoms with Gasteiger partial charge in [0.25, 0.3) is 10.0 Å². The number of hydrogen-bond acceptors (Lipinski definition) is 3. The van der Waals surface area contributed by atoms with Gasteiger partial charge in [0.2, 0.25) is 5.90 Å². The molecule has 0 aliphatic carbocycles. The lowest BCUT2D eigenvalue weighted by Gasteiger charge is -2.05. The lowest BCUT2D eigenvalue weighted by Crippen LogP contribution is -2.07. The van der Waals surface area contributed by atoms with Gasteiger partial charge in [-0.1, -0.05) is 100 Å². The molecule has 0 unspecified atom stereocenters. The molecule has 0 fully saturated rings. The molecule has 0 atom stereocenters. The van der Waals surface area contributed by atoms with Gasteiger partial charge >= 0.3 is 0 Å². The van der Waals surface area contributed by atoms with Crippen molar-refractivity contribution in [1.29, 1.82) is 0 Å². The summed E-state index contributed by atoms with van der Waals surface area (Å²) in [4.78, 5) is 0.109. The first-order valence-corrected chi connectivity index (χ1v) is 13.2. The highest BCUT2D eigenvalue weighted by Gasteiger charge is 2.30. The zero-order chi connectivity index (χ0) is 24.8. The largest absolute Gasteiger partial charge is 0.437 e. The van der Waals surface area contributed by atoms with Gasteiger partial charge in [-0.25, -0.2) is 0 Å². The van der Waals surface area contributed by atoms with E-state index in [4.69, 9.17) is 4.74 Å². The van der Waals surface area contributed by atoms with Crippen LogP contribution >= 0.6 is 15.9 Å². The lowest BCUT2D eigenvalue weighted by atomic mass is 9.99. The average Bonchev–Trinajstić information content (AvgIpc) is 3.20. The first-order valence-electron chi connectivity index (χ1n) is 11.0. The van der Waals surface area contributed by atoms with Gasteiger partial charge in [0.1, 0.15) is 5.76 Å². The molecule has 1 aliphatic rings.